The largest absolute Gasteiger partial charge is 0.493 e. The van der Waals surface area contributed by atoms with Gasteiger partial charge in [-0.1, -0.05) is 6.07 Å². The summed E-state index contributed by atoms with van der Waals surface area (Å²) in [5.74, 6) is -0.104. The third kappa shape index (κ3) is 4.13. The number of carboxylic acid groups (broad SMARTS) is 1. The average molecular weight is 264 g/mol. The molecule has 0 unspecified atom stereocenters. The van der Waals surface area contributed by atoms with Crippen molar-refractivity contribution in [2.45, 2.75) is 6.42 Å². The van der Waals surface area contributed by atoms with E-state index in [0.717, 1.165) is 37.6 Å². The monoisotopic (exact) mass is 264 g/mol. The molecule has 0 atom stereocenters. The molecule has 5 heteroatoms. The first-order valence-electron chi connectivity index (χ1n) is 6.53. The van der Waals surface area contributed by atoms with Crippen molar-refractivity contribution in [1.82, 2.24) is 4.90 Å². The van der Waals surface area contributed by atoms with Crippen LogP contribution in [0, 0.1) is 0 Å². The van der Waals surface area contributed by atoms with E-state index in [1.165, 1.54) is 0 Å². The van der Waals surface area contributed by atoms with Gasteiger partial charge in [0.15, 0.2) is 0 Å². The Morgan fingerprint density at radius 2 is 2.05 bits per heavy atom. The zero-order valence-electron chi connectivity index (χ0n) is 11.2. The summed E-state index contributed by atoms with van der Waals surface area (Å²) in [5, 5.41) is 8.58. The molecule has 0 saturated carbocycles. The number of hydrogen-bond donors (Lipinski definition) is 1. The van der Waals surface area contributed by atoms with E-state index >= 15 is 0 Å². The predicted molar refractivity (Wildman–Crippen MR) is 73.9 cm³/mol. The molecule has 0 bridgehead atoms. The standard InChI is InChI=1S/C14H20N2O3/c1-15-6-8-16(9-7-15)12-3-2-4-13(11-12)19-10-5-14(17)18/h2-4,11H,5-10H2,1H3,(H,17,18). The maximum Gasteiger partial charge on any atom is 0.306 e. The zero-order chi connectivity index (χ0) is 13.7. The molecule has 104 valence electrons. The van der Waals surface area contributed by atoms with Crippen molar-refractivity contribution in [2.75, 3.05) is 44.7 Å². The van der Waals surface area contributed by atoms with Gasteiger partial charge >= 0.3 is 5.97 Å². The Morgan fingerprint density at radius 1 is 1.32 bits per heavy atom. The Kier molecular flexibility index (Phi) is 4.63. The van der Waals surface area contributed by atoms with Gasteiger partial charge in [0.1, 0.15) is 5.75 Å². The summed E-state index contributed by atoms with van der Waals surface area (Å²) < 4.78 is 5.45. The maximum atomic E-state index is 10.4. The number of anilines is 1. The highest BCUT2D eigenvalue weighted by molar-refractivity contribution is 5.66. The molecule has 0 aromatic heterocycles. The SMILES string of the molecule is CN1CCN(c2cccc(OCCC(=O)O)c2)CC1. The zero-order valence-corrected chi connectivity index (χ0v) is 11.2. The van der Waals surface area contributed by atoms with E-state index in [9.17, 15) is 4.79 Å². The van der Waals surface area contributed by atoms with Gasteiger partial charge in [-0.3, -0.25) is 4.79 Å². The van der Waals surface area contributed by atoms with Gasteiger partial charge in [0.25, 0.3) is 0 Å². The number of carboxylic acids is 1. The van der Waals surface area contributed by atoms with E-state index < -0.39 is 5.97 Å². The number of likely N-dealkylation sites (N-methyl/N-ethyl adjacent to an activating group) is 1. The number of aliphatic carboxylic acids is 1. The van der Waals surface area contributed by atoms with Crippen LogP contribution in [-0.4, -0.2) is 55.8 Å². The first kappa shape index (κ1) is 13.7. The van der Waals surface area contributed by atoms with Crippen molar-refractivity contribution >= 4 is 11.7 Å². The van der Waals surface area contributed by atoms with Crippen LogP contribution in [0.15, 0.2) is 24.3 Å². The third-order valence-electron chi connectivity index (χ3n) is 3.27. The second-order valence-corrected chi connectivity index (χ2v) is 4.78. The molecule has 0 amide bonds. The highest BCUT2D eigenvalue weighted by Crippen LogP contribution is 2.22. The van der Waals surface area contributed by atoms with Crippen LogP contribution in [0.2, 0.25) is 0 Å². The molecule has 2 rings (SSSR count). The number of carbonyl (C=O) groups is 1. The molecule has 0 spiro atoms. The lowest BCUT2D eigenvalue weighted by molar-refractivity contribution is -0.137. The van der Waals surface area contributed by atoms with Crippen LogP contribution in [-0.2, 0) is 4.79 Å². The molecule has 0 radical (unpaired) electrons. The Hall–Kier alpha value is -1.75. The number of nitrogens with zero attached hydrogens (tertiary/aromatic N) is 2. The van der Waals surface area contributed by atoms with E-state index in [-0.39, 0.29) is 13.0 Å². The van der Waals surface area contributed by atoms with E-state index in [0.29, 0.717) is 0 Å². The van der Waals surface area contributed by atoms with Crippen LogP contribution < -0.4 is 9.64 Å². The van der Waals surface area contributed by atoms with Gasteiger partial charge < -0.3 is 19.6 Å². The van der Waals surface area contributed by atoms with Crippen molar-refractivity contribution in [1.29, 1.82) is 0 Å². The average Bonchev–Trinajstić information content (AvgIpc) is 2.39. The molecular formula is C14H20N2O3. The van der Waals surface area contributed by atoms with Gasteiger partial charge in [-0.25, -0.2) is 0 Å². The molecule has 1 N–H and O–H groups in total. The predicted octanol–water partition coefficient (Wildman–Crippen LogP) is 1.29. The van der Waals surface area contributed by atoms with Crippen LogP contribution in [0.1, 0.15) is 6.42 Å². The van der Waals surface area contributed by atoms with Crippen LogP contribution in [0.5, 0.6) is 5.75 Å². The molecule has 19 heavy (non-hydrogen) atoms. The maximum absolute atomic E-state index is 10.4. The van der Waals surface area contributed by atoms with Crippen LogP contribution in [0.3, 0.4) is 0 Å². The summed E-state index contributed by atoms with van der Waals surface area (Å²) in [7, 11) is 2.13. The number of hydrogen-bond acceptors (Lipinski definition) is 4. The number of benzene rings is 1. The van der Waals surface area contributed by atoms with Crippen molar-refractivity contribution < 1.29 is 14.6 Å². The third-order valence-corrected chi connectivity index (χ3v) is 3.27. The Bertz CT molecular complexity index is 428. The highest BCUT2D eigenvalue weighted by Gasteiger charge is 2.14. The topological polar surface area (TPSA) is 53.0 Å². The minimum absolute atomic E-state index is 0.0265. The number of piperazine rings is 1. The molecule has 1 aliphatic heterocycles. The second-order valence-electron chi connectivity index (χ2n) is 4.78. The van der Waals surface area contributed by atoms with E-state index in [2.05, 4.69) is 22.9 Å². The van der Waals surface area contributed by atoms with Gasteiger partial charge in [-0.05, 0) is 19.2 Å². The fraction of sp³-hybridized carbons (Fsp3) is 0.500. The van der Waals surface area contributed by atoms with Gasteiger partial charge in [-0.2, -0.15) is 0 Å². The second kappa shape index (κ2) is 6.43. The van der Waals surface area contributed by atoms with Gasteiger partial charge in [0.2, 0.25) is 0 Å². The van der Waals surface area contributed by atoms with Crippen molar-refractivity contribution in [3.05, 3.63) is 24.3 Å². The molecular weight excluding hydrogens is 244 g/mol. The summed E-state index contributed by atoms with van der Waals surface area (Å²) in [6, 6.07) is 7.85. The fourth-order valence-corrected chi connectivity index (χ4v) is 2.09. The Labute approximate surface area is 113 Å². The molecule has 5 nitrogen and oxygen atoms in total. The summed E-state index contributed by atoms with van der Waals surface area (Å²) in [6.45, 7) is 4.35. The molecule has 0 aliphatic carbocycles. The molecule has 1 heterocycles. The molecule has 1 saturated heterocycles. The van der Waals surface area contributed by atoms with Crippen LogP contribution in [0.25, 0.3) is 0 Å². The molecule has 1 aliphatic rings. The smallest absolute Gasteiger partial charge is 0.306 e. The van der Waals surface area contributed by atoms with Gasteiger partial charge in [0, 0.05) is 37.9 Å². The summed E-state index contributed by atoms with van der Waals surface area (Å²) in [4.78, 5) is 15.1. The minimum Gasteiger partial charge on any atom is -0.493 e. The van der Waals surface area contributed by atoms with Gasteiger partial charge in [-0.15, -0.1) is 0 Å². The Morgan fingerprint density at radius 3 is 2.74 bits per heavy atom. The lowest BCUT2D eigenvalue weighted by Gasteiger charge is -2.34. The fourth-order valence-electron chi connectivity index (χ4n) is 2.09. The van der Waals surface area contributed by atoms with Gasteiger partial charge in [0.05, 0.1) is 13.0 Å². The normalized spacial score (nSPS) is 16.4. The van der Waals surface area contributed by atoms with Crippen LogP contribution >= 0.6 is 0 Å². The minimum atomic E-state index is -0.838. The summed E-state index contributed by atoms with van der Waals surface area (Å²) >= 11 is 0. The van der Waals surface area contributed by atoms with Crippen molar-refractivity contribution in [3.63, 3.8) is 0 Å². The lowest BCUT2D eigenvalue weighted by Crippen LogP contribution is -2.44. The highest BCUT2D eigenvalue weighted by atomic mass is 16.5. The van der Waals surface area contributed by atoms with Crippen molar-refractivity contribution in [3.8, 4) is 5.75 Å². The first-order valence-corrected chi connectivity index (χ1v) is 6.53. The van der Waals surface area contributed by atoms with E-state index in [1.807, 2.05) is 18.2 Å². The number of rotatable bonds is 5. The Balaban J connectivity index is 1.93. The van der Waals surface area contributed by atoms with E-state index in [1.54, 1.807) is 0 Å². The summed E-state index contributed by atoms with van der Waals surface area (Å²) in [5.41, 5.74) is 1.14. The summed E-state index contributed by atoms with van der Waals surface area (Å²) in [6.07, 6.45) is 0.0265. The molecule has 1 aromatic carbocycles. The van der Waals surface area contributed by atoms with Crippen LogP contribution in [0.4, 0.5) is 5.69 Å². The lowest BCUT2D eigenvalue weighted by atomic mass is 10.2. The number of ether oxygens (including phenoxy) is 1. The molecule has 1 fully saturated rings. The first-order chi connectivity index (χ1) is 9.15. The molecule has 1 aromatic rings. The van der Waals surface area contributed by atoms with Crippen molar-refractivity contribution in [2.24, 2.45) is 0 Å². The van der Waals surface area contributed by atoms with E-state index in [4.69, 9.17) is 9.84 Å². The quantitative estimate of drug-likeness (QED) is 0.868.